The molecular weight excluding hydrogens is 344 g/mol. The van der Waals surface area contributed by atoms with Gasteiger partial charge in [-0.1, -0.05) is 12.1 Å². The van der Waals surface area contributed by atoms with E-state index in [4.69, 9.17) is 5.73 Å². The average Bonchev–Trinajstić information content (AvgIpc) is 2.41. The summed E-state index contributed by atoms with van der Waals surface area (Å²) in [5.41, 5.74) is 7.03. The molecule has 2 rings (SSSR count). The molecule has 0 aliphatic rings. The van der Waals surface area contributed by atoms with Crippen LogP contribution in [0.4, 0.5) is 8.78 Å². The molecule has 0 radical (unpaired) electrons. The first-order valence-electron chi connectivity index (χ1n) is 6.12. The topological polar surface area (TPSA) is 26.0 Å². The normalized spacial score (nSPS) is 12.4. The monoisotopic (exact) mass is 357 g/mol. The van der Waals surface area contributed by atoms with Crippen LogP contribution in [0.3, 0.4) is 0 Å². The van der Waals surface area contributed by atoms with Crippen LogP contribution in [-0.2, 0) is 6.42 Å². The Labute approximate surface area is 129 Å². The molecule has 0 aliphatic carbocycles. The Balaban J connectivity index is 1.89. The SMILES string of the molecule is NC(CSc1cccc(F)c1)Cc1ccc(F)c(Br)c1. The lowest BCUT2D eigenvalue weighted by Crippen LogP contribution is -2.25. The van der Waals surface area contributed by atoms with Crippen molar-refractivity contribution in [2.24, 2.45) is 5.73 Å². The second-order valence-corrected chi connectivity index (χ2v) is 6.43. The molecule has 0 heterocycles. The van der Waals surface area contributed by atoms with Crippen molar-refractivity contribution in [2.45, 2.75) is 17.4 Å². The lowest BCUT2D eigenvalue weighted by molar-refractivity contribution is 0.619. The maximum absolute atomic E-state index is 13.1. The van der Waals surface area contributed by atoms with E-state index in [1.165, 1.54) is 30.0 Å². The summed E-state index contributed by atoms with van der Waals surface area (Å²) in [7, 11) is 0. The molecule has 0 fully saturated rings. The fourth-order valence-electron chi connectivity index (χ4n) is 1.79. The van der Waals surface area contributed by atoms with Gasteiger partial charge in [-0.3, -0.25) is 0 Å². The van der Waals surface area contributed by atoms with E-state index in [2.05, 4.69) is 15.9 Å². The van der Waals surface area contributed by atoms with E-state index < -0.39 is 0 Å². The van der Waals surface area contributed by atoms with Gasteiger partial charge in [0.25, 0.3) is 0 Å². The highest BCUT2D eigenvalue weighted by Gasteiger charge is 2.07. The summed E-state index contributed by atoms with van der Waals surface area (Å²) in [4.78, 5) is 0.862. The maximum atomic E-state index is 13.1. The fourth-order valence-corrected chi connectivity index (χ4v) is 3.11. The molecule has 2 aromatic rings. The van der Waals surface area contributed by atoms with Gasteiger partial charge >= 0.3 is 0 Å². The highest BCUT2D eigenvalue weighted by molar-refractivity contribution is 9.10. The van der Waals surface area contributed by atoms with Crippen molar-refractivity contribution >= 4 is 27.7 Å². The maximum Gasteiger partial charge on any atom is 0.137 e. The summed E-state index contributed by atoms with van der Waals surface area (Å²) in [6.07, 6.45) is 0.654. The minimum absolute atomic E-state index is 0.0689. The lowest BCUT2D eigenvalue weighted by Gasteiger charge is -2.12. The molecule has 1 nitrogen and oxygen atoms in total. The van der Waals surface area contributed by atoms with Gasteiger partial charge in [-0.05, 0) is 58.2 Å². The van der Waals surface area contributed by atoms with Crippen LogP contribution < -0.4 is 5.73 Å². The molecule has 0 saturated heterocycles. The first-order chi connectivity index (χ1) is 9.54. The van der Waals surface area contributed by atoms with Gasteiger partial charge in [0, 0.05) is 16.7 Å². The van der Waals surface area contributed by atoms with Crippen LogP contribution in [0, 0.1) is 11.6 Å². The molecule has 2 N–H and O–H groups in total. The number of hydrogen-bond donors (Lipinski definition) is 1. The van der Waals surface area contributed by atoms with Crippen molar-refractivity contribution < 1.29 is 8.78 Å². The van der Waals surface area contributed by atoms with Crippen molar-refractivity contribution in [2.75, 3.05) is 5.75 Å². The Kier molecular flexibility index (Phi) is 5.57. The van der Waals surface area contributed by atoms with Crippen LogP contribution in [-0.4, -0.2) is 11.8 Å². The lowest BCUT2D eigenvalue weighted by atomic mass is 10.1. The molecule has 20 heavy (non-hydrogen) atoms. The summed E-state index contributed by atoms with van der Waals surface area (Å²) in [5, 5.41) is 0. The first kappa shape index (κ1) is 15.5. The minimum Gasteiger partial charge on any atom is -0.327 e. The Morgan fingerprint density at radius 1 is 1.15 bits per heavy atom. The van der Waals surface area contributed by atoms with Gasteiger partial charge in [0.1, 0.15) is 11.6 Å². The van der Waals surface area contributed by atoms with E-state index in [0.29, 0.717) is 16.6 Å². The highest BCUT2D eigenvalue weighted by atomic mass is 79.9. The Morgan fingerprint density at radius 3 is 2.65 bits per heavy atom. The Morgan fingerprint density at radius 2 is 1.95 bits per heavy atom. The number of rotatable bonds is 5. The quantitative estimate of drug-likeness (QED) is 0.803. The van der Waals surface area contributed by atoms with Crippen molar-refractivity contribution in [3.63, 3.8) is 0 Å². The summed E-state index contributed by atoms with van der Waals surface area (Å²) in [6.45, 7) is 0. The standard InChI is InChI=1S/C15H14BrF2NS/c16-14-7-10(4-5-15(14)18)6-12(19)9-20-13-3-1-2-11(17)8-13/h1-5,7-8,12H,6,9,19H2. The molecule has 1 unspecified atom stereocenters. The fraction of sp³-hybridized carbons (Fsp3) is 0.200. The number of halogens is 3. The zero-order valence-corrected chi connectivity index (χ0v) is 13.1. The van der Waals surface area contributed by atoms with E-state index in [9.17, 15) is 8.78 Å². The molecule has 0 aliphatic heterocycles. The molecule has 0 aromatic heterocycles. The predicted octanol–water partition coefficient (Wildman–Crippen LogP) is 4.39. The second-order valence-electron chi connectivity index (χ2n) is 4.48. The number of hydrogen-bond acceptors (Lipinski definition) is 2. The van der Waals surface area contributed by atoms with Crippen molar-refractivity contribution in [1.82, 2.24) is 0 Å². The van der Waals surface area contributed by atoms with Crippen molar-refractivity contribution in [3.8, 4) is 0 Å². The largest absolute Gasteiger partial charge is 0.327 e. The van der Waals surface area contributed by atoms with Gasteiger partial charge in [0.05, 0.1) is 4.47 Å². The van der Waals surface area contributed by atoms with Gasteiger partial charge < -0.3 is 5.73 Å². The summed E-state index contributed by atoms with van der Waals surface area (Å²) >= 11 is 4.68. The number of thioether (sulfide) groups is 1. The summed E-state index contributed by atoms with van der Waals surface area (Å²) in [5.74, 6) is 0.154. The van der Waals surface area contributed by atoms with Gasteiger partial charge in [-0.2, -0.15) is 0 Å². The Bertz CT molecular complexity index is 592. The van der Waals surface area contributed by atoms with Crippen molar-refractivity contribution in [1.29, 1.82) is 0 Å². The van der Waals surface area contributed by atoms with E-state index in [-0.39, 0.29) is 17.7 Å². The Hall–Kier alpha value is -0.910. The molecular formula is C15H14BrF2NS. The van der Waals surface area contributed by atoms with E-state index in [1.54, 1.807) is 18.2 Å². The van der Waals surface area contributed by atoms with Gasteiger partial charge in [-0.25, -0.2) is 8.78 Å². The van der Waals surface area contributed by atoms with Crippen molar-refractivity contribution in [3.05, 3.63) is 64.1 Å². The third-order valence-electron chi connectivity index (χ3n) is 2.74. The third kappa shape index (κ3) is 4.58. The molecule has 0 bridgehead atoms. The molecule has 5 heteroatoms. The molecule has 0 saturated carbocycles. The van der Waals surface area contributed by atoms with Crippen LogP contribution in [0.25, 0.3) is 0 Å². The molecule has 2 aromatic carbocycles. The summed E-state index contributed by atoms with van der Waals surface area (Å²) < 4.78 is 26.6. The van der Waals surface area contributed by atoms with Gasteiger partial charge in [0.15, 0.2) is 0 Å². The number of benzene rings is 2. The van der Waals surface area contributed by atoms with E-state index >= 15 is 0 Å². The first-order valence-corrected chi connectivity index (χ1v) is 7.90. The second kappa shape index (κ2) is 7.20. The molecule has 0 spiro atoms. The smallest absolute Gasteiger partial charge is 0.137 e. The predicted molar refractivity (Wildman–Crippen MR) is 82.9 cm³/mol. The van der Waals surface area contributed by atoms with Crippen LogP contribution in [0.5, 0.6) is 0 Å². The van der Waals surface area contributed by atoms with Gasteiger partial charge in [-0.15, -0.1) is 11.8 Å². The van der Waals surface area contributed by atoms with Crippen LogP contribution in [0.2, 0.25) is 0 Å². The van der Waals surface area contributed by atoms with Crippen LogP contribution in [0.15, 0.2) is 51.8 Å². The minimum atomic E-state index is -0.281. The third-order valence-corrected chi connectivity index (χ3v) is 4.53. The molecule has 0 amide bonds. The average molecular weight is 358 g/mol. The van der Waals surface area contributed by atoms with Crippen LogP contribution in [0.1, 0.15) is 5.56 Å². The number of nitrogens with two attached hydrogens (primary N) is 1. The highest BCUT2D eigenvalue weighted by Crippen LogP contribution is 2.21. The zero-order valence-electron chi connectivity index (χ0n) is 10.7. The molecule has 1 atom stereocenters. The summed E-state index contributed by atoms with van der Waals surface area (Å²) in [6, 6.07) is 11.3. The van der Waals surface area contributed by atoms with E-state index in [1.807, 2.05) is 6.07 Å². The zero-order chi connectivity index (χ0) is 14.5. The molecule has 106 valence electrons. The van der Waals surface area contributed by atoms with Crippen LogP contribution >= 0.6 is 27.7 Å². The van der Waals surface area contributed by atoms with Gasteiger partial charge in [0.2, 0.25) is 0 Å². The van der Waals surface area contributed by atoms with E-state index in [0.717, 1.165) is 10.5 Å².